The second-order valence-electron chi connectivity index (χ2n) is 6.27. The van der Waals surface area contributed by atoms with Gasteiger partial charge in [-0.05, 0) is 36.8 Å². The van der Waals surface area contributed by atoms with Gasteiger partial charge < -0.3 is 24.3 Å². The van der Waals surface area contributed by atoms with Gasteiger partial charge in [0, 0.05) is 12.6 Å². The van der Waals surface area contributed by atoms with Gasteiger partial charge in [0.2, 0.25) is 15.9 Å². The van der Waals surface area contributed by atoms with Crippen molar-refractivity contribution < 1.29 is 32.2 Å². The topological polar surface area (TPSA) is 112 Å². The van der Waals surface area contributed by atoms with Crippen LogP contribution in [0, 0.1) is 0 Å². The van der Waals surface area contributed by atoms with E-state index < -0.39 is 22.0 Å². The molecule has 2 aromatic carbocycles. The number of hydrogen-bond acceptors (Lipinski definition) is 7. The molecule has 0 radical (unpaired) electrons. The highest BCUT2D eigenvalue weighted by Crippen LogP contribution is 2.29. The Labute approximate surface area is 176 Å². The van der Waals surface area contributed by atoms with E-state index in [-0.39, 0.29) is 17.2 Å². The van der Waals surface area contributed by atoms with Crippen LogP contribution in [0.1, 0.15) is 12.5 Å². The number of amides is 1. The number of nitrogens with one attached hydrogen (secondary N) is 2. The maximum atomic E-state index is 12.6. The first-order valence-electron chi connectivity index (χ1n) is 8.98. The minimum Gasteiger partial charge on any atom is -0.493 e. The smallest absolute Gasteiger partial charge is 0.241 e. The van der Waals surface area contributed by atoms with Crippen LogP contribution in [0.3, 0.4) is 0 Å². The molecule has 10 heteroatoms. The molecule has 0 saturated carbocycles. The molecule has 30 heavy (non-hydrogen) atoms. The van der Waals surface area contributed by atoms with Crippen LogP contribution in [0.4, 0.5) is 0 Å². The molecule has 0 fully saturated rings. The predicted octanol–water partition coefficient (Wildman–Crippen LogP) is 1.70. The zero-order chi connectivity index (χ0) is 22.3. The van der Waals surface area contributed by atoms with Crippen molar-refractivity contribution in [3.05, 3.63) is 42.0 Å². The first kappa shape index (κ1) is 23.3. The van der Waals surface area contributed by atoms with Gasteiger partial charge in [-0.1, -0.05) is 6.07 Å². The third kappa shape index (κ3) is 5.55. The second-order valence-corrected chi connectivity index (χ2v) is 7.98. The molecule has 9 nitrogen and oxygen atoms in total. The van der Waals surface area contributed by atoms with E-state index in [1.165, 1.54) is 53.6 Å². The van der Waals surface area contributed by atoms with Gasteiger partial charge in [0.15, 0.2) is 23.0 Å². The normalized spacial score (nSPS) is 12.0. The lowest BCUT2D eigenvalue weighted by Crippen LogP contribution is -2.44. The highest BCUT2D eigenvalue weighted by Gasteiger charge is 2.23. The van der Waals surface area contributed by atoms with Gasteiger partial charge >= 0.3 is 0 Å². The van der Waals surface area contributed by atoms with Crippen LogP contribution in [0.25, 0.3) is 0 Å². The summed E-state index contributed by atoms with van der Waals surface area (Å²) in [5.41, 5.74) is 0.774. The number of rotatable bonds is 10. The summed E-state index contributed by atoms with van der Waals surface area (Å²) in [6.45, 7) is 1.66. The molecule has 0 aliphatic carbocycles. The molecule has 2 N–H and O–H groups in total. The standard InChI is InChI=1S/C20H26N2O7S/c1-13(20(23)21-12-14-6-8-16(26-2)18(10-14)28-4)22-30(24,25)15-7-9-17(27-3)19(11-15)29-5/h6-11,13,22H,12H2,1-5H3,(H,21,23)/t13-/m1/s1. The molecule has 0 spiro atoms. The van der Waals surface area contributed by atoms with Gasteiger partial charge in [-0.15, -0.1) is 0 Å². The van der Waals surface area contributed by atoms with Gasteiger partial charge in [0.05, 0.1) is 39.4 Å². The first-order chi connectivity index (χ1) is 14.2. The summed E-state index contributed by atoms with van der Waals surface area (Å²) in [5, 5.41) is 2.70. The van der Waals surface area contributed by atoms with E-state index >= 15 is 0 Å². The van der Waals surface area contributed by atoms with Gasteiger partial charge in [-0.3, -0.25) is 4.79 Å². The zero-order valence-electron chi connectivity index (χ0n) is 17.5. The number of carbonyl (C=O) groups is 1. The van der Waals surface area contributed by atoms with Crippen LogP contribution in [-0.4, -0.2) is 48.8 Å². The van der Waals surface area contributed by atoms with Crippen molar-refractivity contribution >= 4 is 15.9 Å². The Morgan fingerprint density at radius 1 is 0.867 bits per heavy atom. The van der Waals surface area contributed by atoms with Crippen molar-refractivity contribution in [3.63, 3.8) is 0 Å². The fourth-order valence-corrected chi connectivity index (χ4v) is 3.89. The Bertz CT molecular complexity index is 993. The van der Waals surface area contributed by atoms with Crippen LogP contribution in [0.2, 0.25) is 0 Å². The monoisotopic (exact) mass is 438 g/mol. The van der Waals surface area contributed by atoms with Crippen molar-refractivity contribution in [3.8, 4) is 23.0 Å². The minimum atomic E-state index is -3.95. The molecule has 164 valence electrons. The molecule has 0 bridgehead atoms. The number of ether oxygens (including phenoxy) is 4. The number of carbonyl (C=O) groups excluding carboxylic acids is 1. The quantitative estimate of drug-likeness (QED) is 0.581. The van der Waals surface area contributed by atoms with Crippen LogP contribution >= 0.6 is 0 Å². The van der Waals surface area contributed by atoms with Gasteiger partial charge in [-0.25, -0.2) is 8.42 Å². The molecule has 0 aliphatic rings. The molecule has 0 heterocycles. The van der Waals surface area contributed by atoms with E-state index in [9.17, 15) is 13.2 Å². The molecule has 1 atom stereocenters. The number of sulfonamides is 1. The molecule has 2 rings (SSSR count). The third-order valence-electron chi connectivity index (χ3n) is 4.31. The fourth-order valence-electron chi connectivity index (χ4n) is 2.67. The van der Waals surface area contributed by atoms with E-state index in [0.29, 0.717) is 17.2 Å². The molecular formula is C20H26N2O7S. The SMILES string of the molecule is COc1ccc(CNC(=O)[C@@H](C)NS(=O)(=O)c2ccc(OC)c(OC)c2)cc1OC. The summed E-state index contributed by atoms with van der Waals surface area (Å²) in [7, 11) is 1.97. The molecular weight excluding hydrogens is 412 g/mol. The van der Waals surface area contributed by atoms with Gasteiger partial charge in [-0.2, -0.15) is 4.72 Å². The van der Waals surface area contributed by atoms with Crippen molar-refractivity contribution in [1.29, 1.82) is 0 Å². The van der Waals surface area contributed by atoms with E-state index in [0.717, 1.165) is 5.56 Å². The van der Waals surface area contributed by atoms with E-state index in [4.69, 9.17) is 18.9 Å². The van der Waals surface area contributed by atoms with Crippen molar-refractivity contribution in [2.75, 3.05) is 28.4 Å². The average molecular weight is 439 g/mol. The third-order valence-corrected chi connectivity index (χ3v) is 5.84. The summed E-state index contributed by atoms with van der Waals surface area (Å²) in [6.07, 6.45) is 0. The summed E-state index contributed by atoms with van der Waals surface area (Å²) in [5.74, 6) is 1.30. The van der Waals surface area contributed by atoms with Crippen molar-refractivity contribution in [1.82, 2.24) is 10.0 Å². The van der Waals surface area contributed by atoms with Gasteiger partial charge in [0.1, 0.15) is 0 Å². The fraction of sp³-hybridized carbons (Fsp3) is 0.350. The Kier molecular flexibility index (Phi) is 7.90. The number of benzene rings is 2. The van der Waals surface area contributed by atoms with E-state index in [1.807, 2.05) is 0 Å². The highest BCUT2D eigenvalue weighted by molar-refractivity contribution is 7.89. The highest BCUT2D eigenvalue weighted by atomic mass is 32.2. The maximum Gasteiger partial charge on any atom is 0.241 e. The van der Waals surface area contributed by atoms with Crippen molar-refractivity contribution in [2.45, 2.75) is 24.4 Å². The molecule has 1 amide bonds. The summed E-state index contributed by atoms with van der Waals surface area (Å²) < 4.78 is 48.3. The molecule has 0 aromatic heterocycles. The lowest BCUT2D eigenvalue weighted by molar-refractivity contribution is -0.122. The predicted molar refractivity (Wildman–Crippen MR) is 111 cm³/mol. The molecule has 0 unspecified atom stereocenters. The molecule has 0 aliphatic heterocycles. The Morgan fingerprint density at radius 3 is 1.97 bits per heavy atom. The van der Waals surface area contributed by atoms with Gasteiger partial charge in [0.25, 0.3) is 0 Å². The van der Waals surface area contributed by atoms with Crippen molar-refractivity contribution in [2.24, 2.45) is 0 Å². The largest absolute Gasteiger partial charge is 0.493 e. The Hall–Kier alpha value is -2.98. The number of hydrogen-bond donors (Lipinski definition) is 2. The van der Waals surface area contributed by atoms with Crippen LogP contribution < -0.4 is 29.0 Å². The maximum absolute atomic E-state index is 12.6. The van der Waals surface area contributed by atoms with Crippen LogP contribution in [-0.2, 0) is 21.4 Å². The lowest BCUT2D eigenvalue weighted by Gasteiger charge is -2.16. The number of methoxy groups -OCH3 is 4. The Balaban J connectivity index is 2.04. The summed E-state index contributed by atoms with van der Waals surface area (Å²) in [4.78, 5) is 12.3. The minimum absolute atomic E-state index is 0.0420. The summed E-state index contributed by atoms with van der Waals surface area (Å²) >= 11 is 0. The van der Waals surface area contributed by atoms with E-state index in [2.05, 4.69) is 10.0 Å². The molecule has 0 saturated heterocycles. The Morgan fingerprint density at radius 2 is 1.40 bits per heavy atom. The zero-order valence-corrected chi connectivity index (χ0v) is 18.3. The van der Waals surface area contributed by atoms with Crippen LogP contribution in [0.15, 0.2) is 41.3 Å². The average Bonchev–Trinajstić information content (AvgIpc) is 2.76. The summed E-state index contributed by atoms with van der Waals surface area (Å²) in [6, 6.07) is 8.42. The molecule has 2 aromatic rings. The van der Waals surface area contributed by atoms with Crippen LogP contribution in [0.5, 0.6) is 23.0 Å². The first-order valence-corrected chi connectivity index (χ1v) is 10.5. The lowest BCUT2D eigenvalue weighted by atomic mass is 10.2. The van der Waals surface area contributed by atoms with E-state index in [1.54, 1.807) is 18.2 Å². The second kappa shape index (κ2) is 10.2.